The molecule has 1 aromatic rings. The van der Waals surface area contributed by atoms with Gasteiger partial charge in [-0.25, -0.2) is 4.90 Å². The fourth-order valence-electron chi connectivity index (χ4n) is 2.96. The van der Waals surface area contributed by atoms with Crippen molar-refractivity contribution >= 4 is 35.3 Å². The van der Waals surface area contributed by atoms with Gasteiger partial charge in [0.15, 0.2) is 0 Å². The number of carboxylic acids is 1. The maximum Gasteiger partial charge on any atom is 0.305 e. The van der Waals surface area contributed by atoms with E-state index in [1.54, 1.807) is 24.3 Å². The molecule has 1 aliphatic rings. The SMILES string of the molecule is [N-]=[N+]=NCCN(CC(=O)NCCOCCC(=O)O)C(=O)Cc1ccc(N2C(=O)C=CC2=O)cc1. The number of aliphatic carboxylic acids is 1. The van der Waals surface area contributed by atoms with E-state index in [-0.39, 0.29) is 58.1 Å². The van der Waals surface area contributed by atoms with Gasteiger partial charge in [0.25, 0.3) is 11.8 Å². The topological polar surface area (TPSA) is 182 Å². The highest BCUT2D eigenvalue weighted by Gasteiger charge is 2.25. The summed E-state index contributed by atoms with van der Waals surface area (Å²) in [4.78, 5) is 63.8. The van der Waals surface area contributed by atoms with E-state index in [9.17, 15) is 24.0 Å². The zero-order valence-electron chi connectivity index (χ0n) is 18.3. The van der Waals surface area contributed by atoms with Gasteiger partial charge in [-0.1, -0.05) is 17.2 Å². The standard InChI is InChI=1S/C21H24N6O7/c22-25-24-8-10-26(14-17(28)23-9-12-34-11-7-21(32)33)20(31)13-15-1-3-16(4-2-15)27-18(29)5-6-19(27)30/h1-6H,7-14H2,(H,23,28)(H,32,33). The molecule has 0 spiro atoms. The summed E-state index contributed by atoms with van der Waals surface area (Å²) in [6.07, 6.45) is 2.16. The van der Waals surface area contributed by atoms with Crippen molar-refractivity contribution in [3.05, 3.63) is 52.4 Å². The maximum absolute atomic E-state index is 12.8. The fraction of sp³-hybridized carbons (Fsp3) is 0.381. The number of azide groups is 1. The van der Waals surface area contributed by atoms with Crippen LogP contribution in [0.1, 0.15) is 12.0 Å². The third-order valence-corrected chi connectivity index (χ3v) is 4.61. The van der Waals surface area contributed by atoms with Gasteiger partial charge in [-0.15, -0.1) is 0 Å². The molecule has 0 radical (unpaired) electrons. The summed E-state index contributed by atoms with van der Waals surface area (Å²) in [5, 5.41) is 14.5. The second-order valence-corrected chi connectivity index (χ2v) is 7.06. The second-order valence-electron chi connectivity index (χ2n) is 7.06. The molecule has 0 bridgehead atoms. The highest BCUT2D eigenvalue weighted by atomic mass is 16.5. The third-order valence-electron chi connectivity index (χ3n) is 4.61. The Morgan fingerprint density at radius 1 is 1.12 bits per heavy atom. The zero-order chi connectivity index (χ0) is 24.9. The molecule has 1 heterocycles. The van der Waals surface area contributed by atoms with Crippen LogP contribution in [0.4, 0.5) is 5.69 Å². The van der Waals surface area contributed by atoms with Crippen molar-refractivity contribution in [3.63, 3.8) is 0 Å². The lowest BCUT2D eigenvalue weighted by molar-refractivity contribution is -0.138. The molecule has 13 heteroatoms. The van der Waals surface area contributed by atoms with Gasteiger partial charge in [0, 0.05) is 36.7 Å². The summed E-state index contributed by atoms with van der Waals surface area (Å²) in [6.45, 7) is 0.0361. The number of imide groups is 1. The second kappa shape index (κ2) is 13.4. The average molecular weight is 472 g/mol. The minimum Gasteiger partial charge on any atom is -0.481 e. The van der Waals surface area contributed by atoms with Crippen molar-refractivity contribution in [1.29, 1.82) is 0 Å². The number of ether oxygens (including phenoxy) is 1. The first kappa shape index (κ1) is 26.0. The van der Waals surface area contributed by atoms with Gasteiger partial charge >= 0.3 is 5.97 Å². The molecular weight excluding hydrogens is 448 g/mol. The smallest absolute Gasteiger partial charge is 0.305 e. The van der Waals surface area contributed by atoms with Crippen LogP contribution in [0.2, 0.25) is 0 Å². The Balaban J connectivity index is 1.90. The van der Waals surface area contributed by atoms with Crippen LogP contribution in [-0.2, 0) is 35.1 Å². The largest absolute Gasteiger partial charge is 0.481 e. The highest BCUT2D eigenvalue weighted by Crippen LogP contribution is 2.20. The van der Waals surface area contributed by atoms with Gasteiger partial charge < -0.3 is 20.1 Å². The van der Waals surface area contributed by atoms with E-state index in [1.807, 2.05) is 0 Å². The van der Waals surface area contributed by atoms with Crippen molar-refractivity contribution in [2.75, 3.05) is 44.3 Å². The molecule has 2 N–H and O–H groups in total. The van der Waals surface area contributed by atoms with Gasteiger partial charge in [0.2, 0.25) is 11.8 Å². The van der Waals surface area contributed by atoms with Crippen molar-refractivity contribution in [3.8, 4) is 0 Å². The van der Waals surface area contributed by atoms with Crippen molar-refractivity contribution in [2.45, 2.75) is 12.8 Å². The average Bonchev–Trinajstić information content (AvgIpc) is 3.13. The minimum absolute atomic E-state index is 0.0149. The first-order chi connectivity index (χ1) is 16.3. The van der Waals surface area contributed by atoms with Crippen LogP contribution in [0.15, 0.2) is 41.5 Å². The predicted molar refractivity (Wildman–Crippen MR) is 118 cm³/mol. The summed E-state index contributed by atoms with van der Waals surface area (Å²) >= 11 is 0. The number of hydrogen-bond acceptors (Lipinski definition) is 7. The van der Waals surface area contributed by atoms with E-state index < -0.39 is 23.7 Å². The van der Waals surface area contributed by atoms with Crippen LogP contribution in [0.3, 0.4) is 0 Å². The number of carbonyl (C=O) groups excluding carboxylic acids is 4. The Kier molecular flexibility index (Phi) is 10.2. The highest BCUT2D eigenvalue weighted by molar-refractivity contribution is 6.28. The summed E-state index contributed by atoms with van der Waals surface area (Å²) in [5.41, 5.74) is 9.45. The number of amides is 4. The molecule has 0 aromatic heterocycles. The Hall–Kier alpha value is -4.22. The molecule has 1 aliphatic heterocycles. The van der Waals surface area contributed by atoms with E-state index in [0.29, 0.717) is 11.3 Å². The molecule has 0 saturated heterocycles. The van der Waals surface area contributed by atoms with E-state index in [1.165, 1.54) is 17.1 Å². The van der Waals surface area contributed by atoms with Gasteiger partial charge in [0.1, 0.15) is 0 Å². The Morgan fingerprint density at radius 3 is 2.41 bits per heavy atom. The van der Waals surface area contributed by atoms with Crippen LogP contribution in [0.25, 0.3) is 10.4 Å². The van der Waals surface area contributed by atoms with Crippen LogP contribution in [0, 0.1) is 0 Å². The maximum atomic E-state index is 12.8. The lowest BCUT2D eigenvalue weighted by Crippen LogP contribution is -2.43. The van der Waals surface area contributed by atoms with Crippen LogP contribution in [0.5, 0.6) is 0 Å². The zero-order valence-corrected chi connectivity index (χ0v) is 18.3. The summed E-state index contributed by atoms with van der Waals surface area (Å²) in [6, 6.07) is 6.30. The number of nitrogens with zero attached hydrogens (tertiary/aromatic N) is 5. The van der Waals surface area contributed by atoms with E-state index in [0.717, 1.165) is 4.90 Å². The lowest BCUT2D eigenvalue weighted by Gasteiger charge is -2.22. The molecule has 13 nitrogen and oxygen atoms in total. The molecule has 2 rings (SSSR count). The number of carboxylic acid groups (broad SMARTS) is 1. The normalized spacial score (nSPS) is 12.4. The molecule has 180 valence electrons. The van der Waals surface area contributed by atoms with Gasteiger partial charge in [-0.3, -0.25) is 24.0 Å². The number of benzene rings is 1. The molecule has 0 saturated carbocycles. The molecular formula is C21H24N6O7. The third kappa shape index (κ3) is 8.37. The Labute approximate surface area is 194 Å². The molecule has 34 heavy (non-hydrogen) atoms. The number of rotatable bonds is 14. The first-order valence-electron chi connectivity index (χ1n) is 10.3. The minimum atomic E-state index is -0.983. The lowest BCUT2D eigenvalue weighted by atomic mass is 10.1. The monoisotopic (exact) mass is 472 g/mol. The molecule has 0 fully saturated rings. The van der Waals surface area contributed by atoms with Gasteiger partial charge in [-0.05, 0) is 23.2 Å². The van der Waals surface area contributed by atoms with Gasteiger partial charge in [0.05, 0.1) is 38.3 Å². The summed E-state index contributed by atoms with van der Waals surface area (Å²) in [7, 11) is 0. The number of hydrogen-bond donors (Lipinski definition) is 2. The van der Waals surface area contributed by atoms with E-state index in [4.69, 9.17) is 15.4 Å². The number of carbonyl (C=O) groups is 5. The molecule has 0 atom stereocenters. The molecule has 1 aromatic carbocycles. The Morgan fingerprint density at radius 2 is 1.79 bits per heavy atom. The van der Waals surface area contributed by atoms with Crippen molar-refractivity contribution in [1.82, 2.24) is 10.2 Å². The van der Waals surface area contributed by atoms with Crippen LogP contribution in [-0.4, -0.2) is 79.0 Å². The van der Waals surface area contributed by atoms with Crippen LogP contribution >= 0.6 is 0 Å². The predicted octanol–water partition coefficient (Wildman–Crippen LogP) is 0.405. The Bertz CT molecular complexity index is 983. The summed E-state index contributed by atoms with van der Waals surface area (Å²) in [5.74, 6) is -2.72. The van der Waals surface area contributed by atoms with Crippen LogP contribution < -0.4 is 10.2 Å². The van der Waals surface area contributed by atoms with Gasteiger partial charge in [-0.2, -0.15) is 0 Å². The molecule has 0 aliphatic carbocycles. The van der Waals surface area contributed by atoms with E-state index >= 15 is 0 Å². The summed E-state index contributed by atoms with van der Waals surface area (Å²) < 4.78 is 5.08. The quantitative estimate of drug-likeness (QED) is 0.129. The fourth-order valence-corrected chi connectivity index (χ4v) is 2.96. The van der Waals surface area contributed by atoms with Crippen molar-refractivity contribution in [2.24, 2.45) is 5.11 Å². The van der Waals surface area contributed by atoms with Crippen molar-refractivity contribution < 1.29 is 33.8 Å². The molecule has 0 unspecified atom stereocenters. The van der Waals surface area contributed by atoms with E-state index in [2.05, 4.69) is 15.3 Å². The number of nitrogens with one attached hydrogen (secondary N) is 1. The first-order valence-corrected chi connectivity index (χ1v) is 10.3. The molecule has 4 amide bonds. The number of anilines is 1.